The van der Waals surface area contributed by atoms with Gasteiger partial charge in [-0.05, 0) is 42.5 Å². The number of benzene rings is 2. The average Bonchev–Trinajstić information content (AvgIpc) is 2.68. The van der Waals surface area contributed by atoms with Gasteiger partial charge in [0.05, 0.1) is 12.7 Å². The van der Waals surface area contributed by atoms with Crippen molar-refractivity contribution < 1.29 is 58.2 Å². The molecule has 0 saturated carbocycles. The Morgan fingerprint density at radius 3 is 1.81 bits per heavy atom. The summed E-state index contributed by atoms with van der Waals surface area (Å²) in [6.07, 6.45) is -6.93. The summed E-state index contributed by atoms with van der Waals surface area (Å²) in [5.41, 5.74) is -2.06. The van der Waals surface area contributed by atoms with E-state index in [1.54, 1.807) is 0 Å². The number of carbonyl (C=O) groups is 1. The quantitative estimate of drug-likeness (QED) is 0.370. The van der Waals surface area contributed by atoms with E-state index in [0.717, 1.165) is 19.2 Å². The molecule has 0 aromatic heterocycles. The van der Waals surface area contributed by atoms with E-state index < -0.39 is 52.8 Å². The summed E-state index contributed by atoms with van der Waals surface area (Å²) in [4.78, 5) is 11.3. The van der Waals surface area contributed by atoms with Gasteiger partial charge in [0.2, 0.25) is 0 Å². The van der Waals surface area contributed by atoms with Crippen molar-refractivity contribution in [2.45, 2.75) is 23.9 Å². The van der Waals surface area contributed by atoms with Crippen LogP contribution in [0.3, 0.4) is 0 Å². The second-order valence-corrected chi connectivity index (χ2v) is 5.98. The lowest BCUT2D eigenvalue weighted by atomic mass is 9.97. The second-order valence-electron chi connectivity index (χ2n) is 5.98. The van der Waals surface area contributed by atoms with Gasteiger partial charge in [-0.15, -0.1) is 0 Å². The van der Waals surface area contributed by atoms with Gasteiger partial charge in [0.1, 0.15) is 5.75 Å². The van der Waals surface area contributed by atoms with E-state index in [0.29, 0.717) is 18.2 Å². The molecule has 0 aliphatic heterocycles. The van der Waals surface area contributed by atoms with Crippen molar-refractivity contribution in [3.8, 4) is 11.5 Å². The first-order valence-electron chi connectivity index (χ1n) is 7.92. The van der Waals surface area contributed by atoms with Gasteiger partial charge in [0.15, 0.2) is 11.6 Å². The highest BCUT2D eigenvalue weighted by atomic mass is 19.4. The highest BCUT2D eigenvalue weighted by Gasteiger charge is 2.82. The first-order valence-corrected chi connectivity index (χ1v) is 7.92. The minimum Gasteiger partial charge on any atom is -0.465 e. The molecule has 0 fully saturated rings. The van der Waals surface area contributed by atoms with Gasteiger partial charge in [0.25, 0.3) is 0 Å². The van der Waals surface area contributed by atoms with Gasteiger partial charge in [0, 0.05) is 5.56 Å². The minimum absolute atomic E-state index is 0.121. The van der Waals surface area contributed by atoms with Gasteiger partial charge in [-0.25, -0.2) is 9.18 Å². The van der Waals surface area contributed by atoms with Crippen LogP contribution in [0.15, 0.2) is 42.5 Å². The van der Waals surface area contributed by atoms with Crippen LogP contribution >= 0.6 is 0 Å². The Kier molecular flexibility index (Phi) is 6.21. The SMILES string of the molecule is COC(=O)c1ccc(Oc2ccc(C(F)(F)C(F)(F)C(F)(F)C(F)(F)F)cc2)c(F)c1. The van der Waals surface area contributed by atoms with Gasteiger partial charge in [-0.1, -0.05) is 0 Å². The molecule has 0 radical (unpaired) electrons. The van der Waals surface area contributed by atoms with Crippen molar-refractivity contribution in [3.63, 3.8) is 0 Å². The fourth-order valence-electron chi connectivity index (χ4n) is 2.24. The molecule has 2 aromatic rings. The predicted molar refractivity (Wildman–Crippen MR) is 84.1 cm³/mol. The number of ether oxygens (including phenoxy) is 2. The van der Waals surface area contributed by atoms with Crippen LogP contribution in [0.1, 0.15) is 15.9 Å². The lowest BCUT2D eigenvalue weighted by Gasteiger charge is -2.33. The Morgan fingerprint density at radius 2 is 1.35 bits per heavy atom. The van der Waals surface area contributed by atoms with Gasteiger partial charge < -0.3 is 9.47 Å². The lowest BCUT2D eigenvalue weighted by molar-refractivity contribution is -0.399. The zero-order valence-electron chi connectivity index (χ0n) is 15.0. The second kappa shape index (κ2) is 7.93. The zero-order chi connectivity index (χ0) is 23.8. The molecule has 0 aliphatic carbocycles. The summed E-state index contributed by atoms with van der Waals surface area (Å²) in [5, 5.41) is 0. The minimum atomic E-state index is -7.02. The maximum atomic E-state index is 14.0. The summed E-state index contributed by atoms with van der Waals surface area (Å²) < 4.78 is 140. The molecular weight excluding hydrogens is 454 g/mol. The van der Waals surface area contributed by atoms with E-state index in [1.807, 2.05) is 0 Å². The number of hydrogen-bond donors (Lipinski definition) is 0. The first kappa shape index (κ1) is 24.3. The Morgan fingerprint density at radius 1 is 0.806 bits per heavy atom. The molecule has 2 rings (SSSR count). The normalized spacial score (nSPS) is 13.1. The highest BCUT2D eigenvalue weighted by Crippen LogP contribution is 2.56. The van der Waals surface area contributed by atoms with E-state index in [9.17, 15) is 48.7 Å². The van der Waals surface area contributed by atoms with Crippen LogP contribution in [-0.4, -0.2) is 31.1 Å². The largest absolute Gasteiger partial charge is 0.465 e. The van der Waals surface area contributed by atoms with E-state index in [4.69, 9.17) is 4.74 Å². The van der Waals surface area contributed by atoms with Crippen LogP contribution < -0.4 is 4.74 Å². The third kappa shape index (κ3) is 4.26. The molecule has 2 aromatic carbocycles. The highest BCUT2D eigenvalue weighted by molar-refractivity contribution is 5.89. The van der Waals surface area contributed by atoms with Gasteiger partial charge in [-0.2, -0.15) is 39.5 Å². The number of carbonyl (C=O) groups excluding carboxylic acids is 1. The number of halogens is 10. The number of rotatable bonds is 6. The summed E-state index contributed by atoms with van der Waals surface area (Å²) in [6.45, 7) is 0. The maximum absolute atomic E-state index is 14.0. The van der Waals surface area contributed by atoms with Gasteiger partial charge >= 0.3 is 29.9 Å². The number of alkyl halides is 9. The molecule has 0 heterocycles. The Bertz CT molecular complexity index is 952. The summed E-state index contributed by atoms with van der Waals surface area (Å²) in [6, 6.07) is 4.03. The molecule has 0 N–H and O–H groups in total. The van der Waals surface area contributed by atoms with Crippen LogP contribution in [0, 0.1) is 5.82 Å². The molecule has 0 atom stereocenters. The number of methoxy groups -OCH3 is 1. The molecule has 13 heteroatoms. The fraction of sp³-hybridized carbons (Fsp3) is 0.278. The molecule has 3 nitrogen and oxygen atoms in total. The summed E-state index contributed by atoms with van der Waals surface area (Å²) in [7, 11) is 1.04. The van der Waals surface area contributed by atoms with E-state index in [1.165, 1.54) is 0 Å². The number of esters is 1. The van der Waals surface area contributed by atoms with Crippen LogP contribution in [0.4, 0.5) is 43.9 Å². The lowest BCUT2D eigenvalue weighted by Crippen LogP contribution is -2.59. The van der Waals surface area contributed by atoms with Gasteiger partial charge in [-0.3, -0.25) is 0 Å². The monoisotopic (exact) mass is 464 g/mol. The van der Waals surface area contributed by atoms with Crippen molar-refractivity contribution in [3.05, 3.63) is 59.4 Å². The first-order chi connectivity index (χ1) is 14.1. The van der Waals surface area contributed by atoms with Crippen molar-refractivity contribution in [2.75, 3.05) is 7.11 Å². The van der Waals surface area contributed by atoms with E-state index in [2.05, 4.69) is 4.74 Å². The third-order valence-corrected chi connectivity index (χ3v) is 3.94. The van der Waals surface area contributed by atoms with E-state index in [-0.39, 0.29) is 17.7 Å². The van der Waals surface area contributed by atoms with Crippen LogP contribution in [-0.2, 0) is 10.7 Å². The Hall–Kier alpha value is -2.99. The Labute approximate surface area is 167 Å². The molecule has 0 amide bonds. The molecule has 0 unspecified atom stereocenters. The molecule has 0 bridgehead atoms. The maximum Gasteiger partial charge on any atom is 0.460 e. The molecule has 0 spiro atoms. The van der Waals surface area contributed by atoms with Crippen molar-refractivity contribution in [1.82, 2.24) is 0 Å². The predicted octanol–water partition coefficient (Wildman–Crippen LogP) is 6.33. The molecule has 170 valence electrons. The van der Waals surface area contributed by atoms with Crippen LogP contribution in [0.25, 0.3) is 0 Å². The number of hydrogen-bond acceptors (Lipinski definition) is 3. The van der Waals surface area contributed by atoms with Crippen LogP contribution in [0.2, 0.25) is 0 Å². The topological polar surface area (TPSA) is 35.5 Å². The summed E-state index contributed by atoms with van der Waals surface area (Å²) >= 11 is 0. The smallest absolute Gasteiger partial charge is 0.460 e. The molecule has 0 saturated heterocycles. The van der Waals surface area contributed by atoms with Crippen LogP contribution in [0.5, 0.6) is 11.5 Å². The average molecular weight is 464 g/mol. The zero-order valence-corrected chi connectivity index (χ0v) is 15.0. The van der Waals surface area contributed by atoms with Crippen molar-refractivity contribution in [2.24, 2.45) is 0 Å². The molecule has 31 heavy (non-hydrogen) atoms. The third-order valence-electron chi connectivity index (χ3n) is 3.94. The van der Waals surface area contributed by atoms with Crippen molar-refractivity contribution >= 4 is 5.97 Å². The Balaban J connectivity index is 2.30. The fourth-order valence-corrected chi connectivity index (χ4v) is 2.24. The van der Waals surface area contributed by atoms with E-state index >= 15 is 0 Å². The standard InChI is InChI=1S/C18H10F10O3/c1-30-14(29)9-2-7-13(12(19)8-9)31-11-5-3-10(4-6-11)15(20,21)16(22,23)17(24,25)18(26,27)28/h2-8H,1H3. The molecular formula is C18H10F10O3. The van der Waals surface area contributed by atoms with Crippen molar-refractivity contribution in [1.29, 1.82) is 0 Å². The molecule has 0 aliphatic rings. The summed E-state index contributed by atoms with van der Waals surface area (Å²) in [5.74, 6) is -22.7.